The number of sulfone groups is 1. The zero-order valence-electron chi connectivity index (χ0n) is 9.00. The lowest BCUT2D eigenvalue weighted by Crippen LogP contribution is -2.06. The second kappa shape index (κ2) is 5.35. The zero-order valence-corrected chi connectivity index (χ0v) is 10.6. The van der Waals surface area contributed by atoms with Crippen LogP contribution in [0.25, 0.3) is 0 Å². The molecule has 16 heavy (non-hydrogen) atoms. The van der Waals surface area contributed by atoms with Crippen molar-refractivity contribution in [3.63, 3.8) is 0 Å². The molecule has 0 spiro atoms. The van der Waals surface area contributed by atoms with Crippen molar-refractivity contribution < 1.29 is 13.2 Å². The summed E-state index contributed by atoms with van der Waals surface area (Å²) < 4.78 is 26.9. The normalized spacial score (nSPS) is 11.4. The topological polar surface area (TPSA) is 95.2 Å². The Hall–Kier alpha value is -1.02. The van der Waals surface area contributed by atoms with Gasteiger partial charge in [0.1, 0.15) is 21.2 Å². The molecule has 6 nitrogen and oxygen atoms in total. The minimum atomic E-state index is -2.96. The monoisotopic (exact) mass is 263 g/mol. The molecule has 0 atom stereocenters. The van der Waals surface area contributed by atoms with Gasteiger partial charge in [0.25, 0.3) is 0 Å². The van der Waals surface area contributed by atoms with Gasteiger partial charge in [-0.05, 0) is 0 Å². The smallest absolute Gasteiger partial charge is 0.193 e. The Bertz CT molecular complexity index is 462. The molecule has 0 aliphatic carbocycles. The summed E-state index contributed by atoms with van der Waals surface area (Å²) in [4.78, 5) is 7.76. The molecule has 0 amide bonds. The summed E-state index contributed by atoms with van der Waals surface area (Å²) in [5.41, 5.74) is 5.58. The summed E-state index contributed by atoms with van der Waals surface area (Å²) in [6, 6.07) is 0. The van der Waals surface area contributed by atoms with Crippen molar-refractivity contribution >= 4 is 27.4 Å². The van der Waals surface area contributed by atoms with Gasteiger partial charge in [0.05, 0.1) is 12.9 Å². The van der Waals surface area contributed by atoms with Crippen LogP contribution >= 0.6 is 11.8 Å². The fourth-order valence-electron chi connectivity index (χ4n) is 0.955. The molecular weight excluding hydrogens is 250 g/mol. The van der Waals surface area contributed by atoms with Crippen molar-refractivity contribution in [2.75, 3.05) is 30.6 Å². The molecule has 8 heteroatoms. The zero-order chi connectivity index (χ0) is 12.2. The first kappa shape index (κ1) is 13.0. The molecule has 1 aromatic rings. The highest BCUT2D eigenvalue weighted by Crippen LogP contribution is 2.30. The number of nitrogens with two attached hydrogens (primary N) is 1. The number of methoxy groups -OCH3 is 1. The molecule has 0 bridgehead atoms. The van der Waals surface area contributed by atoms with Crippen molar-refractivity contribution in [1.82, 2.24) is 9.97 Å². The first-order valence-electron chi connectivity index (χ1n) is 4.39. The lowest BCUT2D eigenvalue weighted by atomic mass is 10.5. The van der Waals surface area contributed by atoms with E-state index in [1.165, 1.54) is 31.5 Å². The van der Waals surface area contributed by atoms with E-state index in [0.717, 1.165) is 0 Å². The molecule has 0 saturated carbocycles. The van der Waals surface area contributed by atoms with E-state index in [4.69, 9.17) is 10.5 Å². The largest absolute Gasteiger partial charge is 0.490 e. The Kier molecular flexibility index (Phi) is 4.36. The summed E-state index contributed by atoms with van der Waals surface area (Å²) in [6.07, 6.45) is 2.51. The molecule has 0 radical (unpaired) electrons. The first-order chi connectivity index (χ1) is 7.44. The second-order valence-electron chi connectivity index (χ2n) is 3.08. The predicted octanol–water partition coefficient (Wildman–Crippen LogP) is 0.204. The highest BCUT2D eigenvalue weighted by Gasteiger charge is 2.11. The van der Waals surface area contributed by atoms with Crippen LogP contribution in [0.4, 0.5) is 5.82 Å². The van der Waals surface area contributed by atoms with Gasteiger partial charge in [-0.1, -0.05) is 0 Å². The summed E-state index contributed by atoms with van der Waals surface area (Å²) >= 11 is 1.28. The maximum absolute atomic E-state index is 10.9. The number of hydrogen-bond acceptors (Lipinski definition) is 7. The van der Waals surface area contributed by atoms with E-state index in [2.05, 4.69) is 9.97 Å². The minimum Gasteiger partial charge on any atom is -0.490 e. The maximum Gasteiger partial charge on any atom is 0.193 e. The quantitative estimate of drug-likeness (QED) is 0.599. The van der Waals surface area contributed by atoms with Gasteiger partial charge in [0, 0.05) is 12.0 Å². The fraction of sp³-hybridized carbons (Fsp3) is 0.500. The van der Waals surface area contributed by atoms with Crippen LogP contribution < -0.4 is 10.5 Å². The number of hydrogen-bond donors (Lipinski definition) is 1. The third-order valence-electron chi connectivity index (χ3n) is 1.70. The molecule has 0 aliphatic heterocycles. The molecule has 0 saturated heterocycles. The molecule has 1 heterocycles. The van der Waals surface area contributed by atoms with E-state index in [1.807, 2.05) is 0 Å². The number of rotatable bonds is 5. The lowest BCUT2D eigenvalue weighted by Gasteiger charge is -2.07. The number of aromatic nitrogens is 2. The third-order valence-corrected chi connectivity index (χ3v) is 3.87. The Balaban J connectivity index is 2.71. The van der Waals surface area contributed by atoms with E-state index in [0.29, 0.717) is 16.5 Å². The maximum atomic E-state index is 10.9. The van der Waals surface area contributed by atoms with Crippen LogP contribution in [0.3, 0.4) is 0 Å². The van der Waals surface area contributed by atoms with Gasteiger partial charge < -0.3 is 10.5 Å². The number of ether oxygens (including phenoxy) is 1. The summed E-state index contributed by atoms with van der Waals surface area (Å²) in [7, 11) is -1.49. The van der Waals surface area contributed by atoms with Crippen LogP contribution in [0.15, 0.2) is 11.4 Å². The average molecular weight is 263 g/mol. The third kappa shape index (κ3) is 3.86. The molecule has 2 N–H and O–H groups in total. The van der Waals surface area contributed by atoms with Gasteiger partial charge in [-0.3, -0.25) is 0 Å². The molecule has 0 unspecified atom stereocenters. The van der Waals surface area contributed by atoms with E-state index >= 15 is 0 Å². The molecular formula is C8H13N3O3S2. The SMILES string of the molecule is COc1c(N)ncnc1SCCS(C)(=O)=O. The Morgan fingerprint density at radius 3 is 2.75 bits per heavy atom. The van der Waals surface area contributed by atoms with Crippen molar-refractivity contribution in [3.8, 4) is 5.75 Å². The Labute approximate surface area is 98.5 Å². The summed E-state index contributed by atoms with van der Waals surface area (Å²) in [5, 5.41) is 0.554. The average Bonchev–Trinajstić information content (AvgIpc) is 2.16. The molecule has 0 fully saturated rings. The molecule has 1 aromatic heterocycles. The fourth-order valence-corrected chi connectivity index (χ4v) is 3.13. The highest BCUT2D eigenvalue weighted by atomic mass is 32.2. The van der Waals surface area contributed by atoms with Crippen LogP contribution in [-0.2, 0) is 9.84 Å². The van der Waals surface area contributed by atoms with E-state index in [-0.39, 0.29) is 11.6 Å². The van der Waals surface area contributed by atoms with Gasteiger partial charge in [0.2, 0.25) is 0 Å². The van der Waals surface area contributed by atoms with Crippen LogP contribution in [0, 0.1) is 0 Å². The highest BCUT2D eigenvalue weighted by molar-refractivity contribution is 8.00. The van der Waals surface area contributed by atoms with Gasteiger partial charge in [-0.15, -0.1) is 11.8 Å². The predicted molar refractivity (Wildman–Crippen MR) is 63.4 cm³/mol. The number of nitrogens with zero attached hydrogens (tertiary/aromatic N) is 2. The van der Waals surface area contributed by atoms with Gasteiger partial charge in [-0.25, -0.2) is 18.4 Å². The van der Waals surface area contributed by atoms with E-state index in [1.54, 1.807) is 0 Å². The van der Waals surface area contributed by atoms with Gasteiger partial charge in [0.15, 0.2) is 11.6 Å². The van der Waals surface area contributed by atoms with Crippen molar-refractivity contribution in [3.05, 3.63) is 6.33 Å². The summed E-state index contributed by atoms with van der Waals surface area (Å²) in [5.74, 6) is 1.14. The standard InChI is InChI=1S/C8H13N3O3S2/c1-14-6-7(9)10-5-11-8(6)15-3-4-16(2,12)13/h5H,3-4H2,1-2H3,(H2,9,10,11). The Morgan fingerprint density at radius 1 is 1.50 bits per heavy atom. The second-order valence-corrected chi connectivity index (χ2v) is 6.42. The number of thioether (sulfide) groups is 1. The first-order valence-corrected chi connectivity index (χ1v) is 7.43. The van der Waals surface area contributed by atoms with Crippen molar-refractivity contribution in [1.29, 1.82) is 0 Å². The molecule has 0 aliphatic rings. The van der Waals surface area contributed by atoms with Crippen molar-refractivity contribution in [2.45, 2.75) is 5.03 Å². The Morgan fingerprint density at radius 2 is 2.19 bits per heavy atom. The number of nitrogen functional groups attached to an aromatic ring is 1. The van der Waals surface area contributed by atoms with Crippen LogP contribution in [-0.4, -0.2) is 43.3 Å². The molecule has 0 aromatic carbocycles. The van der Waals surface area contributed by atoms with Crippen LogP contribution in [0.2, 0.25) is 0 Å². The minimum absolute atomic E-state index is 0.0880. The molecule has 90 valence electrons. The number of anilines is 1. The summed E-state index contributed by atoms with van der Waals surface area (Å²) in [6.45, 7) is 0. The van der Waals surface area contributed by atoms with Crippen LogP contribution in [0.1, 0.15) is 0 Å². The van der Waals surface area contributed by atoms with Gasteiger partial charge >= 0.3 is 0 Å². The van der Waals surface area contributed by atoms with Gasteiger partial charge in [-0.2, -0.15) is 0 Å². The molecule has 1 rings (SSSR count). The lowest BCUT2D eigenvalue weighted by molar-refractivity contribution is 0.401. The van der Waals surface area contributed by atoms with E-state index < -0.39 is 9.84 Å². The van der Waals surface area contributed by atoms with Crippen molar-refractivity contribution in [2.24, 2.45) is 0 Å². The van der Waals surface area contributed by atoms with Crippen LogP contribution in [0.5, 0.6) is 5.75 Å². The van der Waals surface area contributed by atoms with E-state index in [9.17, 15) is 8.42 Å².